The molecule has 4 heteroatoms. The number of hydrogen-bond donors (Lipinski definition) is 1. The van der Waals surface area contributed by atoms with Crippen LogP contribution in [0, 0.1) is 11.8 Å². The van der Waals surface area contributed by atoms with Crippen LogP contribution in [-0.4, -0.2) is 48.3 Å². The molecule has 2 aliphatic heterocycles. The van der Waals surface area contributed by atoms with Crippen LogP contribution in [-0.2, 0) is 9.53 Å². The average molecular weight is 213 g/mol. The summed E-state index contributed by atoms with van der Waals surface area (Å²) >= 11 is 0. The van der Waals surface area contributed by atoms with Gasteiger partial charge in [0.1, 0.15) is 0 Å². The molecule has 1 N–H and O–H groups in total. The fourth-order valence-electron chi connectivity index (χ4n) is 2.35. The van der Waals surface area contributed by atoms with Crippen molar-refractivity contribution in [3.05, 3.63) is 0 Å². The number of carbonyl (C=O) groups is 1. The molecule has 2 saturated heterocycles. The molecule has 0 spiro atoms. The highest BCUT2D eigenvalue weighted by molar-refractivity contribution is 5.80. The number of likely N-dealkylation sites (tertiary alicyclic amines) is 1. The zero-order valence-corrected chi connectivity index (χ0v) is 9.19. The van der Waals surface area contributed by atoms with Gasteiger partial charge in [-0.2, -0.15) is 0 Å². The molecule has 0 aromatic carbocycles. The van der Waals surface area contributed by atoms with E-state index in [1.165, 1.54) is 0 Å². The molecule has 2 unspecified atom stereocenters. The third-order valence-electron chi connectivity index (χ3n) is 3.45. The third-order valence-corrected chi connectivity index (χ3v) is 3.45. The van der Waals surface area contributed by atoms with Gasteiger partial charge in [0.2, 0.25) is 5.91 Å². The zero-order chi connectivity index (χ0) is 10.8. The van der Waals surface area contributed by atoms with E-state index in [0.29, 0.717) is 5.92 Å². The van der Waals surface area contributed by atoms with Crippen molar-refractivity contribution < 1.29 is 14.6 Å². The van der Waals surface area contributed by atoms with Crippen molar-refractivity contribution in [2.45, 2.75) is 25.9 Å². The van der Waals surface area contributed by atoms with Crippen LogP contribution in [0.3, 0.4) is 0 Å². The summed E-state index contributed by atoms with van der Waals surface area (Å²) in [5.74, 6) is 0.555. The molecule has 4 nitrogen and oxygen atoms in total. The van der Waals surface area contributed by atoms with Gasteiger partial charge >= 0.3 is 0 Å². The van der Waals surface area contributed by atoms with Gasteiger partial charge in [-0.05, 0) is 19.8 Å². The van der Waals surface area contributed by atoms with Crippen molar-refractivity contribution in [1.29, 1.82) is 0 Å². The predicted molar refractivity (Wildman–Crippen MR) is 55.3 cm³/mol. The summed E-state index contributed by atoms with van der Waals surface area (Å²) in [5.41, 5.74) is 0. The molecule has 0 aromatic rings. The number of rotatable bonds is 2. The van der Waals surface area contributed by atoms with Crippen LogP contribution in [0.15, 0.2) is 0 Å². The van der Waals surface area contributed by atoms with Gasteiger partial charge in [0.05, 0.1) is 12.0 Å². The first-order valence-electron chi connectivity index (χ1n) is 5.73. The SMILES string of the molecule is CC1OCCCC1C(=O)N1CC(CO)C1. The van der Waals surface area contributed by atoms with E-state index in [9.17, 15) is 4.79 Å². The molecule has 0 saturated carbocycles. The molecule has 2 aliphatic rings. The lowest BCUT2D eigenvalue weighted by atomic mass is 9.91. The first-order valence-corrected chi connectivity index (χ1v) is 5.73. The average Bonchev–Trinajstić information content (AvgIpc) is 2.16. The lowest BCUT2D eigenvalue weighted by Crippen LogP contribution is -2.55. The Morgan fingerprint density at radius 3 is 2.87 bits per heavy atom. The highest BCUT2D eigenvalue weighted by Gasteiger charge is 2.37. The zero-order valence-electron chi connectivity index (χ0n) is 9.19. The summed E-state index contributed by atoms with van der Waals surface area (Å²) in [6, 6.07) is 0. The van der Waals surface area contributed by atoms with E-state index >= 15 is 0 Å². The molecule has 2 rings (SSSR count). The van der Waals surface area contributed by atoms with Crippen LogP contribution in [0.5, 0.6) is 0 Å². The largest absolute Gasteiger partial charge is 0.396 e. The Kier molecular flexibility index (Phi) is 3.26. The fourth-order valence-corrected chi connectivity index (χ4v) is 2.35. The topological polar surface area (TPSA) is 49.8 Å². The van der Waals surface area contributed by atoms with Crippen molar-refractivity contribution in [2.24, 2.45) is 11.8 Å². The molecule has 2 atom stereocenters. The van der Waals surface area contributed by atoms with Gasteiger partial charge in [0, 0.05) is 32.2 Å². The summed E-state index contributed by atoms with van der Waals surface area (Å²) in [6.07, 6.45) is 1.98. The maximum Gasteiger partial charge on any atom is 0.228 e. The van der Waals surface area contributed by atoms with Gasteiger partial charge in [-0.1, -0.05) is 0 Å². The van der Waals surface area contributed by atoms with Crippen LogP contribution < -0.4 is 0 Å². The first-order chi connectivity index (χ1) is 7.22. The standard InChI is InChI=1S/C11H19NO3/c1-8-10(3-2-4-15-8)11(14)12-5-9(6-12)7-13/h8-10,13H,2-7H2,1H3. The summed E-state index contributed by atoms with van der Waals surface area (Å²) in [4.78, 5) is 13.9. The number of ether oxygens (including phenoxy) is 1. The monoisotopic (exact) mass is 213 g/mol. The molecule has 0 bridgehead atoms. The second kappa shape index (κ2) is 4.49. The second-order valence-corrected chi connectivity index (χ2v) is 4.62. The van der Waals surface area contributed by atoms with Crippen molar-refractivity contribution in [3.8, 4) is 0 Å². The van der Waals surface area contributed by atoms with E-state index in [1.54, 1.807) is 0 Å². The van der Waals surface area contributed by atoms with Gasteiger partial charge in [0.25, 0.3) is 0 Å². The second-order valence-electron chi connectivity index (χ2n) is 4.62. The van der Waals surface area contributed by atoms with Gasteiger partial charge < -0.3 is 14.7 Å². The van der Waals surface area contributed by atoms with Gasteiger partial charge in [-0.15, -0.1) is 0 Å². The van der Waals surface area contributed by atoms with Crippen LogP contribution in [0.2, 0.25) is 0 Å². The molecule has 0 aliphatic carbocycles. The van der Waals surface area contributed by atoms with Crippen LogP contribution >= 0.6 is 0 Å². The van der Waals surface area contributed by atoms with Crippen molar-refractivity contribution in [1.82, 2.24) is 4.90 Å². The molecule has 1 amide bonds. The lowest BCUT2D eigenvalue weighted by Gasteiger charge is -2.42. The fraction of sp³-hybridized carbons (Fsp3) is 0.909. The molecule has 0 radical (unpaired) electrons. The molecule has 2 heterocycles. The van der Waals surface area contributed by atoms with Crippen LogP contribution in [0.25, 0.3) is 0 Å². The van der Waals surface area contributed by atoms with E-state index in [2.05, 4.69) is 0 Å². The Bertz CT molecular complexity index is 238. The maximum absolute atomic E-state index is 12.0. The summed E-state index contributed by atoms with van der Waals surface area (Å²) < 4.78 is 5.49. The van der Waals surface area contributed by atoms with E-state index < -0.39 is 0 Å². The molecular formula is C11H19NO3. The quantitative estimate of drug-likeness (QED) is 0.715. The van der Waals surface area contributed by atoms with Crippen molar-refractivity contribution >= 4 is 5.91 Å². The third kappa shape index (κ3) is 2.16. The predicted octanol–water partition coefficient (Wildman–Crippen LogP) is 0.252. The van der Waals surface area contributed by atoms with Gasteiger partial charge in [0.15, 0.2) is 0 Å². The van der Waals surface area contributed by atoms with Gasteiger partial charge in [-0.25, -0.2) is 0 Å². The van der Waals surface area contributed by atoms with E-state index in [1.807, 2.05) is 11.8 Å². The molecule has 15 heavy (non-hydrogen) atoms. The number of nitrogens with zero attached hydrogens (tertiary/aromatic N) is 1. The minimum atomic E-state index is 0.0402. The molecular weight excluding hydrogens is 194 g/mol. The van der Waals surface area contributed by atoms with E-state index in [4.69, 9.17) is 9.84 Å². The highest BCUT2D eigenvalue weighted by atomic mass is 16.5. The Morgan fingerprint density at radius 1 is 1.53 bits per heavy atom. The van der Waals surface area contributed by atoms with E-state index in [-0.39, 0.29) is 24.5 Å². The normalized spacial score (nSPS) is 32.5. The Hall–Kier alpha value is -0.610. The summed E-state index contributed by atoms with van der Waals surface area (Å²) in [7, 11) is 0. The number of aliphatic hydroxyl groups excluding tert-OH is 1. The minimum Gasteiger partial charge on any atom is -0.396 e. The van der Waals surface area contributed by atoms with Crippen LogP contribution in [0.4, 0.5) is 0 Å². The lowest BCUT2D eigenvalue weighted by molar-refractivity contribution is -0.151. The molecule has 2 fully saturated rings. The number of amides is 1. The Morgan fingerprint density at radius 2 is 2.27 bits per heavy atom. The summed E-state index contributed by atoms with van der Waals surface area (Å²) in [6.45, 7) is 4.40. The van der Waals surface area contributed by atoms with Crippen molar-refractivity contribution in [3.63, 3.8) is 0 Å². The van der Waals surface area contributed by atoms with Crippen molar-refractivity contribution in [2.75, 3.05) is 26.3 Å². The smallest absolute Gasteiger partial charge is 0.228 e. The van der Waals surface area contributed by atoms with Crippen LogP contribution in [0.1, 0.15) is 19.8 Å². The Labute approximate surface area is 90.2 Å². The number of aliphatic hydroxyl groups is 1. The molecule has 86 valence electrons. The minimum absolute atomic E-state index is 0.0402. The number of carbonyl (C=O) groups excluding carboxylic acids is 1. The molecule has 0 aromatic heterocycles. The highest BCUT2D eigenvalue weighted by Crippen LogP contribution is 2.26. The Balaban J connectivity index is 1.85. The summed E-state index contributed by atoms with van der Waals surface area (Å²) in [5, 5.41) is 8.89. The van der Waals surface area contributed by atoms with Gasteiger partial charge in [-0.3, -0.25) is 4.79 Å². The number of hydrogen-bond acceptors (Lipinski definition) is 3. The maximum atomic E-state index is 12.0. The first kappa shape index (κ1) is 10.9. The van der Waals surface area contributed by atoms with E-state index in [0.717, 1.165) is 32.5 Å².